The Bertz CT molecular complexity index is 2390. The molecule has 0 aliphatic carbocycles. The van der Waals surface area contributed by atoms with Gasteiger partial charge in [-0.25, -0.2) is 0 Å². The van der Waals surface area contributed by atoms with Crippen LogP contribution in [0.25, 0.3) is 0 Å². The molecule has 286 valence electrons. The fourth-order valence-electron chi connectivity index (χ4n) is 6.40. The molecule has 3 aromatic carbocycles. The van der Waals surface area contributed by atoms with Crippen molar-refractivity contribution in [3.63, 3.8) is 0 Å². The number of aliphatic hydroxyl groups excluding tert-OH is 2. The van der Waals surface area contributed by atoms with Gasteiger partial charge >= 0.3 is 0 Å². The Morgan fingerprint density at radius 2 is 1.05 bits per heavy atom. The van der Waals surface area contributed by atoms with E-state index in [9.17, 15) is 34.5 Å². The van der Waals surface area contributed by atoms with Gasteiger partial charge in [0.15, 0.2) is 22.9 Å². The summed E-state index contributed by atoms with van der Waals surface area (Å²) in [6.07, 6.45) is 0. The monoisotopic (exact) mass is 826 g/mol. The third kappa shape index (κ3) is 8.70. The number of amides is 2. The molecule has 0 unspecified atom stereocenters. The molecular formula is C39H34Cl4N4O8. The Kier molecular flexibility index (Phi) is 12.6. The normalized spacial score (nSPS) is 13.6. The van der Waals surface area contributed by atoms with Gasteiger partial charge in [-0.2, -0.15) is 0 Å². The van der Waals surface area contributed by atoms with Crippen LogP contribution in [0.15, 0.2) is 88.5 Å². The number of carbonyl (C=O) groups is 2. The number of fused-ring (bicyclic) bond motifs is 2. The van der Waals surface area contributed by atoms with E-state index in [1.807, 2.05) is 30.3 Å². The summed E-state index contributed by atoms with van der Waals surface area (Å²) in [7, 11) is 0. The van der Waals surface area contributed by atoms with Crippen molar-refractivity contribution in [2.45, 2.75) is 46.0 Å². The molecule has 3 N–H and O–H groups in total. The molecule has 0 spiro atoms. The highest BCUT2D eigenvalue weighted by Crippen LogP contribution is 2.28. The van der Waals surface area contributed by atoms with Crippen LogP contribution in [-0.4, -0.2) is 59.2 Å². The maximum atomic E-state index is 13.4. The first-order valence-corrected chi connectivity index (χ1v) is 18.5. The largest absolute Gasteiger partial charge is 0.503 e. The Hall–Kier alpha value is -4.82. The maximum absolute atomic E-state index is 13.4. The van der Waals surface area contributed by atoms with Crippen LogP contribution in [0, 0.1) is 0 Å². The quantitative estimate of drug-likeness (QED) is 0.166. The van der Waals surface area contributed by atoms with Crippen LogP contribution in [0.1, 0.15) is 49.1 Å². The zero-order valence-corrected chi connectivity index (χ0v) is 32.1. The number of halogens is 4. The molecule has 2 aliphatic rings. The van der Waals surface area contributed by atoms with Crippen molar-refractivity contribution in [3.05, 3.63) is 159 Å². The Morgan fingerprint density at radius 3 is 1.56 bits per heavy atom. The molecule has 16 heteroatoms. The number of nitrogens with zero attached hydrogens (tertiary/aromatic N) is 4. The number of aromatic hydroxyl groups is 1. The van der Waals surface area contributed by atoms with Gasteiger partial charge in [0.2, 0.25) is 10.9 Å². The van der Waals surface area contributed by atoms with E-state index in [0.717, 1.165) is 22.8 Å². The molecule has 12 nitrogen and oxygen atoms in total. The summed E-state index contributed by atoms with van der Waals surface area (Å²) in [5.74, 6) is -1.43. The first-order chi connectivity index (χ1) is 26.4. The minimum absolute atomic E-state index is 0.00936. The van der Waals surface area contributed by atoms with Crippen LogP contribution < -0.4 is 15.6 Å². The molecule has 2 aromatic heterocycles. The minimum atomic E-state index is -0.685. The molecule has 4 heterocycles. The predicted octanol–water partition coefficient (Wildman–Crippen LogP) is 5.89. The first kappa shape index (κ1) is 39.9. The molecule has 7 rings (SSSR count). The highest BCUT2D eigenvalue weighted by molar-refractivity contribution is 6.42. The Balaban J connectivity index is 0.000000193. The second-order valence-corrected chi connectivity index (χ2v) is 14.3. The van der Waals surface area contributed by atoms with Gasteiger partial charge < -0.3 is 39.0 Å². The molecule has 55 heavy (non-hydrogen) atoms. The molecule has 0 saturated carbocycles. The molecule has 0 radical (unpaired) electrons. The number of aliphatic hydroxyl groups is 2. The number of rotatable bonds is 9. The van der Waals surface area contributed by atoms with Crippen LogP contribution in [0.3, 0.4) is 0 Å². The topological polar surface area (TPSA) is 155 Å². The van der Waals surface area contributed by atoms with E-state index < -0.39 is 22.5 Å². The van der Waals surface area contributed by atoms with Crippen molar-refractivity contribution >= 4 is 58.2 Å². The van der Waals surface area contributed by atoms with Crippen LogP contribution in [0.5, 0.6) is 11.5 Å². The number of aromatic nitrogens is 2. The molecule has 0 fully saturated rings. The number of hydrogen-bond donors (Lipinski definition) is 3. The van der Waals surface area contributed by atoms with Crippen molar-refractivity contribution in [2.75, 3.05) is 13.1 Å². The van der Waals surface area contributed by atoms with Gasteiger partial charge in [-0.3, -0.25) is 19.2 Å². The second-order valence-electron chi connectivity index (χ2n) is 12.7. The van der Waals surface area contributed by atoms with E-state index >= 15 is 0 Å². The fraction of sp³-hybridized carbons (Fsp3) is 0.231. The molecule has 2 amide bonds. The van der Waals surface area contributed by atoms with E-state index in [1.165, 1.54) is 15.5 Å². The van der Waals surface area contributed by atoms with Crippen molar-refractivity contribution in [1.82, 2.24) is 18.9 Å². The SMILES string of the molecule is O=C1c2c(O)c(=O)cc(CO)n2CCN1Cc1ccc(Cl)c(Cl)c1.O=C1c2c(OCc3ccccc3)c(=O)cc(CO)n2CCN1Cc1ccc(Cl)c(Cl)c1. The smallest absolute Gasteiger partial charge is 0.274 e. The lowest BCUT2D eigenvalue weighted by molar-refractivity contribution is 0.0669. The van der Waals surface area contributed by atoms with E-state index in [-0.39, 0.29) is 49.4 Å². The number of carbonyl (C=O) groups excluding carboxylic acids is 2. The van der Waals surface area contributed by atoms with Gasteiger partial charge in [0.25, 0.3) is 11.8 Å². The molecule has 5 aromatic rings. The van der Waals surface area contributed by atoms with Gasteiger partial charge in [-0.1, -0.05) is 88.9 Å². The Morgan fingerprint density at radius 1 is 0.564 bits per heavy atom. The molecule has 2 aliphatic heterocycles. The lowest BCUT2D eigenvalue weighted by atomic mass is 10.1. The van der Waals surface area contributed by atoms with Crippen molar-refractivity contribution < 1.29 is 29.6 Å². The fourth-order valence-corrected chi connectivity index (χ4v) is 7.04. The molecule has 0 bridgehead atoms. The summed E-state index contributed by atoms with van der Waals surface area (Å²) in [6.45, 7) is 1.59. The van der Waals surface area contributed by atoms with E-state index in [2.05, 4.69) is 0 Å². The van der Waals surface area contributed by atoms with Crippen molar-refractivity contribution in [3.8, 4) is 11.5 Å². The van der Waals surface area contributed by atoms with Gasteiger partial charge in [0, 0.05) is 62.8 Å². The summed E-state index contributed by atoms with van der Waals surface area (Å²) in [5, 5.41) is 30.7. The van der Waals surface area contributed by atoms with Crippen LogP contribution >= 0.6 is 46.4 Å². The number of hydrogen-bond acceptors (Lipinski definition) is 8. The van der Waals surface area contributed by atoms with E-state index in [4.69, 9.17) is 51.1 Å². The standard InChI is InChI=1S/C23H20Cl2N2O4.C16H14Cl2N2O4/c24-18-7-6-16(10-19(18)25)12-26-8-9-27-17(13-28)11-20(29)22(21(27)23(26)30)31-14-15-4-2-1-3-5-15;17-11-2-1-9(5-12(11)18)7-19-3-4-20-10(8-21)6-13(22)15(23)14(20)16(19)24/h1-7,10-11,28H,8-9,12-14H2;1-2,5-6,21,23H,3-4,7-8H2. The third-order valence-corrected chi connectivity index (χ3v) is 10.6. The van der Waals surface area contributed by atoms with Gasteiger partial charge in [-0.15, -0.1) is 0 Å². The van der Waals surface area contributed by atoms with Crippen molar-refractivity contribution in [2.24, 2.45) is 0 Å². The van der Waals surface area contributed by atoms with Crippen LogP contribution in [0.2, 0.25) is 20.1 Å². The third-order valence-electron chi connectivity index (χ3n) is 9.16. The lowest BCUT2D eigenvalue weighted by Gasteiger charge is -2.32. The minimum Gasteiger partial charge on any atom is -0.503 e. The van der Waals surface area contributed by atoms with Crippen LogP contribution in [-0.2, 0) is 46.0 Å². The Labute approximate surface area is 334 Å². The highest BCUT2D eigenvalue weighted by Gasteiger charge is 2.32. The number of ether oxygens (including phenoxy) is 1. The summed E-state index contributed by atoms with van der Waals surface area (Å²) in [5.41, 5.74) is 2.10. The zero-order chi connectivity index (χ0) is 39.4. The van der Waals surface area contributed by atoms with Crippen molar-refractivity contribution in [1.29, 1.82) is 0 Å². The average Bonchev–Trinajstić information content (AvgIpc) is 3.18. The summed E-state index contributed by atoms with van der Waals surface area (Å²) in [4.78, 5) is 53.7. The summed E-state index contributed by atoms with van der Waals surface area (Å²) in [6, 6.07) is 22.1. The van der Waals surface area contributed by atoms with Gasteiger partial charge in [-0.05, 0) is 41.0 Å². The lowest BCUT2D eigenvalue weighted by Crippen LogP contribution is -2.42. The van der Waals surface area contributed by atoms with Crippen LogP contribution in [0.4, 0.5) is 0 Å². The molecule has 0 atom stereocenters. The van der Waals surface area contributed by atoms with Gasteiger partial charge in [0.1, 0.15) is 6.61 Å². The summed E-state index contributed by atoms with van der Waals surface area (Å²) >= 11 is 24.0. The predicted molar refractivity (Wildman–Crippen MR) is 208 cm³/mol. The second kappa shape index (κ2) is 17.3. The molecule has 0 saturated heterocycles. The summed E-state index contributed by atoms with van der Waals surface area (Å²) < 4.78 is 8.96. The first-order valence-electron chi connectivity index (χ1n) is 17.0. The maximum Gasteiger partial charge on any atom is 0.274 e. The van der Waals surface area contributed by atoms with Gasteiger partial charge in [0.05, 0.1) is 33.3 Å². The van der Waals surface area contributed by atoms with E-state index in [0.29, 0.717) is 64.2 Å². The number of benzene rings is 3. The molecular weight excluding hydrogens is 794 g/mol. The van der Waals surface area contributed by atoms with E-state index in [1.54, 1.807) is 45.9 Å². The average molecular weight is 829 g/mol. The highest BCUT2D eigenvalue weighted by atomic mass is 35.5. The zero-order valence-electron chi connectivity index (χ0n) is 29.1. The number of pyridine rings is 2.